The molecule has 112 valence electrons. The first-order valence-corrected chi connectivity index (χ1v) is 7.43. The topological polar surface area (TPSA) is 68.0 Å². The third kappa shape index (κ3) is 3.78. The lowest BCUT2D eigenvalue weighted by Gasteiger charge is -2.13. The van der Waals surface area contributed by atoms with E-state index in [9.17, 15) is 9.18 Å². The minimum Gasteiger partial charge on any atom is -0.379 e. The Balaban J connectivity index is 2.08. The monoisotopic (exact) mass is 307 g/mol. The number of nitrogens with one attached hydrogen (secondary N) is 1. The van der Waals surface area contributed by atoms with Crippen LogP contribution in [0.3, 0.4) is 0 Å². The minimum atomic E-state index is -0.778. The summed E-state index contributed by atoms with van der Waals surface area (Å²) < 4.78 is 13.4. The van der Waals surface area contributed by atoms with Gasteiger partial charge in [0.1, 0.15) is 5.82 Å². The fourth-order valence-electron chi connectivity index (χ4n) is 1.75. The molecule has 1 heterocycles. The predicted octanol–water partition coefficient (Wildman–Crippen LogP) is 3.29. The molecule has 0 radical (unpaired) electrons. The molecular weight excluding hydrogens is 289 g/mol. The molecule has 3 N–H and O–H groups in total. The molecule has 4 nitrogen and oxygen atoms in total. The van der Waals surface area contributed by atoms with Crippen LogP contribution < -0.4 is 11.1 Å². The van der Waals surface area contributed by atoms with Crippen molar-refractivity contribution in [3.05, 3.63) is 45.7 Å². The van der Waals surface area contributed by atoms with Crippen LogP contribution in [-0.4, -0.2) is 10.9 Å². The van der Waals surface area contributed by atoms with Crippen molar-refractivity contribution in [2.24, 2.45) is 5.73 Å². The lowest BCUT2D eigenvalue weighted by atomic mass is 9.98. The highest BCUT2D eigenvalue weighted by molar-refractivity contribution is 7.09. The zero-order chi connectivity index (χ0) is 15.6. The Labute approximate surface area is 127 Å². The van der Waals surface area contributed by atoms with E-state index in [0.717, 1.165) is 10.7 Å². The lowest BCUT2D eigenvalue weighted by Crippen LogP contribution is -2.14. The molecule has 0 fully saturated rings. The Hall–Kier alpha value is -1.95. The summed E-state index contributed by atoms with van der Waals surface area (Å²) in [6, 6.07) is 4.21. The second kappa shape index (κ2) is 5.81. The van der Waals surface area contributed by atoms with Gasteiger partial charge in [-0.3, -0.25) is 4.79 Å². The van der Waals surface area contributed by atoms with Gasteiger partial charge in [-0.25, -0.2) is 9.37 Å². The van der Waals surface area contributed by atoms with E-state index in [-0.39, 0.29) is 11.0 Å². The summed E-state index contributed by atoms with van der Waals surface area (Å²) in [4.78, 5) is 15.7. The Morgan fingerprint density at radius 1 is 1.43 bits per heavy atom. The van der Waals surface area contributed by atoms with E-state index in [4.69, 9.17) is 5.73 Å². The molecule has 21 heavy (non-hydrogen) atoms. The van der Waals surface area contributed by atoms with Gasteiger partial charge in [0.2, 0.25) is 0 Å². The number of hydrogen-bond acceptors (Lipinski definition) is 4. The SMILES string of the molecule is CC(C)(C)c1nc(CNc2ccc(F)c(C(N)=O)c2)cs1. The normalized spacial score (nSPS) is 11.4. The Morgan fingerprint density at radius 2 is 2.14 bits per heavy atom. The fraction of sp³-hybridized carbons (Fsp3) is 0.333. The number of hydrogen-bond donors (Lipinski definition) is 2. The smallest absolute Gasteiger partial charge is 0.251 e. The number of benzene rings is 1. The third-order valence-corrected chi connectivity index (χ3v) is 4.22. The highest BCUT2D eigenvalue weighted by Gasteiger charge is 2.17. The largest absolute Gasteiger partial charge is 0.379 e. The van der Waals surface area contributed by atoms with Crippen LogP contribution in [-0.2, 0) is 12.0 Å². The molecule has 1 aromatic carbocycles. The number of nitrogens with two attached hydrogens (primary N) is 1. The van der Waals surface area contributed by atoms with Gasteiger partial charge in [-0.2, -0.15) is 0 Å². The molecule has 2 rings (SSSR count). The van der Waals surface area contributed by atoms with Gasteiger partial charge in [0, 0.05) is 16.5 Å². The van der Waals surface area contributed by atoms with E-state index < -0.39 is 11.7 Å². The molecule has 1 aromatic heterocycles. The summed E-state index contributed by atoms with van der Waals surface area (Å²) in [6.45, 7) is 6.85. The van der Waals surface area contributed by atoms with Crippen molar-refractivity contribution in [2.75, 3.05) is 5.32 Å². The van der Waals surface area contributed by atoms with E-state index in [1.165, 1.54) is 12.1 Å². The standard InChI is InChI=1S/C15H18FN3OS/c1-15(2,3)14-19-10(8-21-14)7-18-9-4-5-12(16)11(6-9)13(17)20/h4-6,8,18H,7H2,1-3H3,(H2,17,20). The van der Waals surface area contributed by atoms with E-state index >= 15 is 0 Å². The van der Waals surface area contributed by atoms with Crippen LogP contribution >= 0.6 is 11.3 Å². The first-order chi connectivity index (χ1) is 9.77. The molecule has 0 unspecified atom stereocenters. The number of thiazole rings is 1. The summed E-state index contributed by atoms with van der Waals surface area (Å²) in [6.07, 6.45) is 0. The summed E-state index contributed by atoms with van der Waals surface area (Å²) in [5, 5.41) is 6.18. The summed E-state index contributed by atoms with van der Waals surface area (Å²) in [5.41, 5.74) is 6.58. The molecule has 0 saturated carbocycles. The van der Waals surface area contributed by atoms with Gasteiger partial charge < -0.3 is 11.1 Å². The third-order valence-electron chi connectivity index (χ3n) is 2.90. The van der Waals surface area contributed by atoms with Crippen LogP contribution in [0, 0.1) is 5.82 Å². The highest BCUT2D eigenvalue weighted by atomic mass is 32.1. The molecular formula is C15H18FN3OS. The number of primary amides is 1. The van der Waals surface area contributed by atoms with Crippen LogP contribution in [0.4, 0.5) is 10.1 Å². The lowest BCUT2D eigenvalue weighted by molar-refractivity contribution is 0.0996. The zero-order valence-corrected chi connectivity index (χ0v) is 13.1. The average molecular weight is 307 g/mol. The Morgan fingerprint density at radius 3 is 2.71 bits per heavy atom. The maximum Gasteiger partial charge on any atom is 0.251 e. The van der Waals surface area contributed by atoms with Crippen molar-refractivity contribution < 1.29 is 9.18 Å². The van der Waals surface area contributed by atoms with Gasteiger partial charge in [0.05, 0.1) is 22.8 Å². The molecule has 0 spiro atoms. The van der Waals surface area contributed by atoms with Gasteiger partial charge in [-0.1, -0.05) is 20.8 Å². The number of nitrogens with zero attached hydrogens (tertiary/aromatic N) is 1. The first-order valence-electron chi connectivity index (χ1n) is 6.55. The van der Waals surface area contributed by atoms with Crippen molar-refractivity contribution in [1.82, 2.24) is 4.98 Å². The van der Waals surface area contributed by atoms with E-state index in [1.54, 1.807) is 17.4 Å². The van der Waals surface area contributed by atoms with Crippen LogP contribution in [0.2, 0.25) is 0 Å². The summed E-state index contributed by atoms with van der Waals surface area (Å²) >= 11 is 1.62. The number of rotatable bonds is 4. The fourth-order valence-corrected chi connectivity index (χ4v) is 2.66. The quantitative estimate of drug-likeness (QED) is 0.910. The van der Waals surface area contributed by atoms with Gasteiger partial charge in [0.25, 0.3) is 5.91 Å². The molecule has 0 aliphatic heterocycles. The molecule has 2 aromatic rings. The van der Waals surface area contributed by atoms with Gasteiger partial charge >= 0.3 is 0 Å². The average Bonchev–Trinajstić information content (AvgIpc) is 2.86. The second-order valence-corrected chi connectivity index (χ2v) is 6.66. The van der Waals surface area contributed by atoms with Crippen molar-refractivity contribution in [1.29, 1.82) is 0 Å². The van der Waals surface area contributed by atoms with Crippen LogP contribution in [0.25, 0.3) is 0 Å². The maximum absolute atomic E-state index is 13.4. The second-order valence-electron chi connectivity index (χ2n) is 5.81. The zero-order valence-electron chi connectivity index (χ0n) is 12.2. The number of halogens is 1. The number of amides is 1. The predicted molar refractivity (Wildman–Crippen MR) is 83.1 cm³/mol. The molecule has 1 amide bonds. The van der Waals surface area contributed by atoms with Gasteiger partial charge in [-0.15, -0.1) is 11.3 Å². The molecule has 0 aliphatic carbocycles. The Kier molecular flexibility index (Phi) is 4.27. The molecule has 6 heteroatoms. The number of carbonyl (C=O) groups is 1. The van der Waals surface area contributed by atoms with Crippen LogP contribution in [0.15, 0.2) is 23.6 Å². The first kappa shape index (κ1) is 15.4. The van der Waals surface area contributed by atoms with Crippen molar-refractivity contribution in [2.45, 2.75) is 32.7 Å². The van der Waals surface area contributed by atoms with Gasteiger partial charge in [-0.05, 0) is 18.2 Å². The number of aromatic nitrogens is 1. The number of carbonyl (C=O) groups excluding carboxylic acids is 1. The van der Waals surface area contributed by atoms with Crippen molar-refractivity contribution >= 4 is 22.9 Å². The van der Waals surface area contributed by atoms with Crippen molar-refractivity contribution in [3.8, 4) is 0 Å². The van der Waals surface area contributed by atoms with Crippen molar-refractivity contribution in [3.63, 3.8) is 0 Å². The molecule has 0 aliphatic rings. The van der Waals surface area contributed by atoms with E-state index in [0.29, 0.717) is 12.2 Å². The van der Waals surface area contributed by atoms with Crippen LogP contribution in [0.5, 0.6) is 0 Å². The molecule has 0 saturated heterocycles. The van der Waals surface area contributed by atoms with E-state index in [2.05, 4.69) is 31.1 Å². The van der Waals surface area contributed by atoms with Gasteiger partial charge in [0.15, 0.2) is 0 Å². The highest BCUT2D eigenvalue weighted by Crippen LogP contribution is 2.26. The Bertz CT molecular complexity index is 661. The van der Waals surface area contributed by atoms with Crippen LogP contribution in [0.1, 0.15) is 41.8 Å². The number of anilines is 1. The molecule has 0 atom stereocenters. The van der Waals surface area contributed by atoms with E-state index in [1.807, 2.05) is 5.38 Å². The molecule has 0 bridgehead atoms. The maximum atomic E-state index is 13.4. The minimum absolute atomic E-state index is 0.0257. The summed E-state index contributed by atoms with van der Waals surface area (Å²) in [5.74, 6) is -1.39. The summed E-state index contributed by atoms with van der Waals surface area (Å²) in [7, 11) is 0.